The molecule has 1 aliphatic rings. The van der Waals surface area contributed by atoms with E-state index in [0.717, 1.165) is 0 Å². The first-order chi connectivity index (χ1) is 15.0. The van der Waals surface area contributed by atoms with E-state index in [1.165, 1.54) is 10.2 Å². The van der Waals surface area contributed by atoms with Crippen LogP contribution in [0.1, 0.15) is 10.4 Å². The van der Waals surface area contributed by atoms with Crippen LogP contribution in [0.5, 0.6) is 0 Å². The van der Waals surface area contributed by atoms with E-state index in [9.17, 15) is 13.2 Å². The molecule has 1 saturated heterocycles. The molecule has 0 bridgehead atoms. The molecule has 2 aromatic carbocycles. The molecule has 158 valence electrons. The molecule has 5 rings (SSSR count). The van der Waals surface area contributed by atoms with Crippen LogP contribution in [0.2, 0.25) is 0 Å². The number of aromatic amines is 1. The van der Waals surface area contributed by atoms with Gasteiger partial charge in [-0.15, -0.1) is 0 Å². The molecule has 0 aliphatic carbocycles. The normalized spacial score (nSPS) is 14.8. The van der Waals surface area contributed by atoms with Gasteiger partial charge in [0, 0.05) is 24.8 Å². The van der Waals surface area contributed by atoms with Gasteiger partial charge in [0.25, 0.3) is 15.9 Å². The number of imidazole rings is 1. The third-order valence-electron chi connectivity index (χ3n) is 5.28. The van der Waals surface area contributed by atoms with Crippen molar-refractivity contribution in [3.05, 3.63) is 72.4 Å². The molecule has 0 unspecified atom stereocenters. The molecule has 1 fully saturated rings. The minimum Gasteiger partial charge on any atom is -0.378 e. The summed E-state index contributed by atoms with van der Waals surface area (Å²) in [5.41, 5.74) is 2.29. The molecule has 2 aromatic heterocycles. The lowest BCUT2D eigenvalue weighted by Gasteiger charge is -2.26. The Morgan fingerprint density at radius 1 is 1.00 bits per heavy atom. The molecule has 3 heterocycles. The lowest BCUT2D eigenvalue weighted by atomic mass is 10.1. The van der Waals surface area contributed by atoms with Crippen molar-refractivity contribution in [2.24, 2.45) is 0 Å². The molecule has 9 heteroatoms. The second kappa shape index (κ2) is 7.68. The van der Waals surface area contributed by atoms with Gasteiger partial charge < -0.3 is 14.6 Å². The molecule has 1 aliphatic heterocycles. The second-order valence-corrected chi connectivity index (χ2v) is 9.04. The Morgan fingerprint density at radius 2 is 1.77 bits per heavy atom. The highest BCUT2D eigenvalue weighted by Crippen LogP contribution is 2.26. The van der Waals surface area contributed by atoms with Crippen LogP contribution in [-0.2, 0) is 14.8 Å². The number of nitrogens with one attached hydrogen (secondary N) is 1. The number of rotatable bonds is 4. The lowest BCUT2D eigenvalue weighted by Crippen LogP contribution is -2.40. The number of ether oxygens (including phenoxy) is 1. The van der Waals surface area contributed by atoms with E-state index in [0.29, 0.717) is 54.4 Å². The lowest BCUT2D eigenvalue weighted by molar-refractivity contribution is 0.0303. The number of amides is 1. The topological polar surface area (TPSA) is 97.3 Å². The average Bonchev–Trinajstić information content (AvgIpc) is 3.46. The summed E-state index contributed by atoms with van der Waals surface area (Å²) in [5, 5.41) is 0. The van der Waals surface area contributed by atoms with Crippen molar-refractivity contribution in [2.45, 2.75) is 4.90 Å². The summed E-state index contributed by atoms with van der Waals surface area (Å²) in [6.45, 7) is 2.20. The van der Waals surface area contributed by atoms with Crippen molar-refractivity contribution in [2.75, 3.05) is 26.3 Å². The number of aromatic nitrogens is 3. The first kappa shape index (κ1) is 19.5. The van der Waals surface area contributed by atoms with E-state index >= 15 is 0 Å². The summed E-state index contributed by atoms with van der Waals surface area (Å²) in [6, 6.07) is 16.9. The average molecular weight is 436 g/mol. The summed E-state index contributed by atoms with van der Waals surface area (Å²) < 4.78 is 32.7. The van der Waals surface area contributed by atoms with Crippen molar-refractivity contribution in [1.82, 2.24) is 18.8 Å². The number of fused-ring (bicyclic) bond motifs is 1. The van der Waals surface area contributed by atoms with Gasteiger partial charge >= 0.3 is 0 Å². The number of hydrogen-bond acceptors (Lipinski definition) is 5. The number of carbonyl (C=O) groups excluding carboxylic acids is 1. The van der Waals surface area contributed by atoms with Gasteiger partial charge in [-0.3, -0.25) is 4.79 Å². The fraction of sp³-hybridized carbons (Fsp3) is 0.182. The maximum atomic E-state index is 13.1. The number of benzene rings is 2. The predicted molar refractivity (Wildman–Crippen MR) is 115 cm³/mol. The SMILES string of the molecule is O=C(c1ccc2nc(-c3cccn3S(=O)(=O)c3ccccc3)[nH]c2c1)N1CCOCC1. The minimum atomic E-state index is -3.76. The molecule has 4 aromatic rings. The maximum Gasteiger partial charge on any atom is 0.268 e. The maximum absolute atomic E-state index is 13.1. The fourth-order valence-corrected chi connectivity index (χ4v) is 5.04. The second-order valence-electron chi connectivity index (χ2n) is 7.23. The van der Waals surface area contributed by atoms with Crippen LogP contribution in [0.25, 0.3) is 22.6 Å². The number of hydrogen-bond donors (Lipinski definition) is 1. The third-order valence-corrected chi connectivity index (χ3v) is 6.99. The Labute approximate surface area is 179 Å². The van der Waals surface area contributed by atoms with E-state index in [4.69, 9.17) is 4.74 Å². The van der Waals surface area contributed by atoms with Crippen LogP contribution >= 0.6 is 0 Å². The quantitative estimate of drug-likeness (QED) is 0.531. The molecule has 0 atom stereocenters. The molecule has 8 nitrogen and oxygen atoms in total. The van der Waals surface area contributed by atoms with Crippen LogP contribution in [0.3, 0.4) is 0 Å². The van der Waals surface area contributed by atoms with Crippen molar-refractivity contribution >= 4 is 27.0 Å². The van der Waals surface area contributed by atoms with Gasteiger partial charge in [0.2, 0.25) is 0 Å². The summed E-state index contributed by atoms with van der Waals surface area (Å²) in [4.78, 5) is 22.5. The van der Waals surface area contributed by atoms with Crippen LogP contribution in [0.4, 0.5) is 0 Å². The highest BCUT2D eigenvalue weighted by atomic mass is 32.2. The van der Waals surface area contributed by atoms with Crippen molar-refractivity contribution < 1.29 is 17.9 Å². The standard InChI is InChI=1S/C22H20N4O4S/c27-22(25-11-13-30-14-12-25)16-8-9-18-19(15-16)24-21(23-18)20-7-4-10-26(20)31(28,29)17-5-2-1-3-6-17/h1-10,15H,11-14H2,(H,23,24). The number of nitrogens with zero attached hydrogens (tertiary/aromatic N) is 3. The van der Waals surface area contributed by atoms with Crippen LogP contribution < -0.4 is 0 Å². The zero-order valence-electron chi connectivity index (χ0n) is 16.6. The van der Waals surface area contributed by atoms with Gasteiger partial charge in [-0.05, 0) is 42.5 Å². The van der Waals surface area contributed by atoms with Crippen molar-refractivity contribution in [3.8, 4) is 11.5 Å². The zero-order valence-corrected chi connectivity index (χ0v) is 17.4. The molecule has 31 heavy (non-hydrogen) atoms. The van der Waals surface area contributed by atoms with E-state index in [-0.39, 0.29) is 10.8 Å². The molecule has 0 saturated carbocycles. The summed E-state index contributed by atoms with van der Waals surface area (Å²) >= 11 is 0. The monoisotopic (exact) mass is 436 g/mol. The molecule has 0 radical (unpaired) electrons. The van der Waals surface area contributed by atoms with Crippen molar-refractivity contribution in [1.29, 1.82) is 0 Å². The molecular weight excluding hydrogens is 416 g/mol. The minimum absolute atomic E-state index is 0.0589. The third kappa shape index (κ3) is 3.51. The Hall–Kier alpha value is -3.43. The van der Waals surface area contributed by atoms with Crippen LogP contribution in [-0.4, -0.2) is 59.5 Å². The van der Waals surface area contributed by atoms with Gasteiger partial charge in [-0.25, -0.2) is 17.4 Å². The zero-order chi connectivity index (χ0) is 21.4. The van der Waals surface area contributed by atoms with E-state index in [1.54, 1.807) is 65.6 Å². The molecule has 1 N–H and O–H groups in total. The number of H-pyrrole nitrogens is 1. The number of morpholine rings is 1. The summed E-state index contributed by atoms with van der Waals surface area (Å²) in [7, 11) is -3.76. The Kier molecular flexibility index (Phi) is 4.84. The molecule has 1 amide bonds. The molecule has 0 spiro atoms. The van der Waals surface area contributed by atoms with Gasteiger partial charge in [0.1, 0.15) is 0 Å². The fourth-order valence-electron chi connectivity index (χ4n) is 3.68. The molecular formula is C22H20N4O4S. The Morgan fingerprint density at radius 3 is 2.55 bits per heavy atom. The van der Waals surface area contributed by atoms with Gasteiger partial charge in [-0.1, -0.05) is 18.2 Å². The first-order valence-electron chi connectivity index (χ1n) is 9.89. The first-order valence-corrected chi connectivity index (χ1v) is 11.3. The Balaban J connectivity index is 1.51. The Bertz CT molecular complexity index is 1350. The van der Waals surface area contributed by atoms with Crippen LogP contribution in [0, 0.1) is 0 Å². The van der Waals surface area contributed by atoms with E-state index in [2.05, 4.69) is 9.97 Å². The summed E-state index contributed by atoms with van der Waals surface area (Å²) in [5.74, 6) is 0.354. The van der Waals surface area contributed by atoms with Crippen molar-refractivity contribution in [3.63, 3.8) is 0 Å². The van der Waals surface area contributed by atoms with Crippen LogP contribution in [0.15, 0.2) is 71.8 Å². The van der Waals surface area contributed by atoms with E-state index < -0.39 is 10.0 Å². The summed E-state index contributed by atoms with van der Waals surface area (Å²) in [6.07, 6.45) is 1.50. The smallest absolute Gasteiger partial charge is 0.268 e. The predicted octanol–water partition coefficient (Wildman–Crippen LogP) is 2.74. The number of carbonyl (C=O) groups is 1. The van der Waals surface area contributed by atoms with E-state index in [1.807, 2.05) is 0 Å². The van der Waals surface area contributed by atoms with Gasteiger partial charge in [-0.2, -0.15) is 0 Å². The van der Waals surface area contributed by atoms with Gasteiger partial charge in [0.05, 0.1) is 34.8 Å². The van der Waals surface area contributed by atoms with Gasteiger partial charge in [0.15, 0.2) is 5.82 Å². The highest BCUT2D eigenvalue weighted by Gasteiger charge is 2.22. The highest BCUT2D eigenvalue weighted by molar-refractivity contribution is 7.90. The largest absolute Gasteiger partial charge is 0.378 e.